The van der Waals surface area contributed by atoms with Gasteiger partial charge in [-0.1, -0.05) is 5.16 Å². The Kier molecular flexibility index (Phi) is 4.00. The number of furan rings is 1. The second-order valence-electron chi connectivity index (χ2n) is 5.78. The highest BCUT2D eigenvalue weighted by molar-refractivity contribution is 5.75. The average molecular weight is 326 g/mol. The molecule has 1 fully saturated rings. The van der Waals surface area contributed by atoms with E-state index in [0.717, 1.165) is 30.7 Å². The summed E-state index contributed by atoms with van der Waals surface area (Å²) < 4.78 is 16.5. The third-order valence-corrected chi connectivity index (χ3v) is 3.95. The molecule has 1 saturated heterocycles. The fraction of sp³-hybridized carbons (Fsp3) is 0.353. The zero-order chi connectivity index (χ0) is 16.4. The Morgan fingerprint density at radius 3 is 3.00 bits per heavy atom. The summed E-state index contributed by atoms with van der Waals surface area (Å²) in [6.45, 7) is 3.39. The van der Waals surface area contributed by atoms with E-state index in [9.17, 15) is 0 Å². The van der Waals surface area contributed by atoms with E-state index >= 15 is 0 Å². The van der Waals surface area contributed by atoms with Crippen LogP contribution in [-0.4, -0.2) is 34.4 Å². The number of hydrogen-bond acceptors (Lipinski definition) is 7. The van der Waals surface area contributed by atoms with E-state index in [4.69, 9.17) is 13.7 Å². The zero-order valence-corrected chi connectivity index (χ0v) is 13.4. The van der Waals surface area contributed by atoms with Crippen molar-refractivity contribution in [3.8, 4) is 22.8 Å². The molecule has 7 nitrogen and oxygen atoms in total. The molecule has 1 aliphatic heterocycles. The second kappa shape index (κ2) is 6.45. The van der Waals surface area contributed by atoms with Crippen molar-refractivity contribution in [2.45, 2.75) is 25.9 Å². The largest absolute Gasteiger partial charge is 0.463 e. The third kappa shape index (κ3) is 3.03. The first-order valence-corrected chi connectivity index (χ1v) is 7.99. The van der Waals surface area contributed by atoms with Gasteiger partial charge in [-0.25, -0.2) is 9.97 Å². The van der Waals surface area contributed by atoms with Crippen LogP contribution in [0.1, 0.15) is 18.5 Å². The molecule has 0 spiro atoms. The Bertz CT molecular complexity index is 807. The number of aromatic nitrogens is 3. The lowest BCUT2D eigenvalue weighted by Gasteiger charge is -2.12. The molecule has 0 saturated carbocycles. The van der Waals surface area contributed by atoms with E-state index in [1.165, 1.54) is 0 Å². The third-order valence-electron chi connectivity index (χ3n) is 3.95. The van der Waals surface area contributed by atoms with Gasteiger partial charge in [-0.15, -0.1) is 0 Å². The predicted octanol–water partition coefficient (Wildman–Crippen LogP) is 3.29. The summed E-state index contributed by atoms with van der Waals surface area (Å²) in [7, 11) is 0. The van der Waals surface area contributed by atoms with Crippen LogP contribution < -0.4 is 5.32 Å². The second-order valence-corrected chi connectivity index (χ2v) is 5.78. The first-order chi connectivity index (χ1) is 11.8. The highest BCUT2D eigenvalue weighted by Crippen LogP contribution is 2.31. The molecule has 7 heteroatoms. The molecule has 0 aromatic carbocycles. The molecule has 0 radical (unpaired) electrons. The zero-order valence-electron chi connectivity index (χ0n) is 13.4. The van der Waals surface area contributed by atoms with Crippen LogP contribution >= 0.6 is 0 Å². The number of ether oxygens (including phenoxy) is 1. The standard InChI is InChI=1S/C17H18N4O3/c1-11-8-15(24-21-11)13-10-19-17(18-9-12-4-2-6-22-12)20-16(13)14-5-3-7-23-14/h3,5,7-8,10,12H,2,4,6,9H2,1H3,(H,18,19,20). The Labute approximate surface area is 139 Å². The molecule has 1 atom stereocenters. The first kappa shape index (κ1) is 14.9. The Hall–Kier alpha value is -2.67. The molecule has 3 aromatic rings. The summed E-state index contributed by atoms with van der Waals surface area (Å²) >= 11 is 0. The van der Waals surface area contributed by atoms with E-state index in [1.807, 2.05) is 25.1 Å². The molecule has 0 aliphatic carbocycles. The predicted molar refractivity (Wildman–Crippen MR) is 87.4 cm³/mol. The van der Waals surface area contributed by atoms with Crippen molar-refractivity contribution < 1.29 is 13.7 Å². The molecule has 1 unspecified atom stereocenters. The maximum atomic E-state index is 5.61. The highest BCUT2D eigenvalue weighted by Gasteiger charge is 2.19. The van der Waals surface area contributed by atoms with Crippen LogP contribution in [0.15, 0.2) is 39.6 Å². The number of nitrogens with one attached hydrogen (secondary N) is 1. The van der Waals surface area contributed by atoms with Crippen molar-refractivity contribution in [1.29, 1.82) is 0 Å². The molecule has 124 valence electrons. The Morgan fingerprint density at radius 1 is 1.33 bits per heavy atom. The molecule has 4 heterocycles. The van der Waals surface area contributed by atoms with Crippen LogP contribution in [0.2, 0.25) is 0 Å². The summed E-state index contributed by atoms with van der Waals surface area (Å²) in [4.78, 5) is 8.99. The van der Waals surface area contributed by atoms with Gasteiger partial charge in [-0.2, -0.15) is 0 Å². The fourth-order valence-corrected chi connectivity index (χ4v) is 2.75. The van der Waals surface area contributed by atoms with Gasteiger partial charge in [0.25, 0.3) is 0 Å². The molecule has 4 rings (SSSR count). The summed E-state index contributed by atoms with van der Waals surface area (Å²) in [5.74, 6) is 1.81. The van der Waals surface area contributed by atoms with Gasteiger partial charge >= 0.3 is 0 Å². The molecule has 24 heavy (non-hydrogen) atoms. The number of anilines is 1. The molecular formula is C17H18N4O3. The van der Waals surface area contributed by atoms with Crippen molar-refractivity contribution in [3.05, 3.63) is 36.4 Å². The van der Waals surface area contributed by atoms with Gasteiger partial charge in [-0.3, -0.25) is 0 Å². The molecule has 1 N–H and O–H groups in total. The van der Waals surface area contributed by atoms with E-state index in [-0.39, 0.29) is 6.10 Å². The fourth-order valence-electron chi connectivity index (χ4n) is 2.75. The maximum Gasteiger partial charge on any atom is 0.223 e. The van der Waals surface area contributed by atoms with Crippen molar-refractivity contribution in [1.82, 2.24) is 15.1 Å². The van der Waals surface area contributed by atoms with Gasteiger partial charge in [0.15, 0.2) is 11.5 Å². The van der Waals surface area contributed by atoms with Crippen LogP contribution in [-0.2, 0) is 4.74 Å². The van der Waals surface area contributed by atoms with Crippen LogP contribution in [0.25, 0.3) is 22.8 Å². The van der Waals surface area contributed by atoms with Crippen molar-refractivity contribution in [2.24, 2.45) is 0 Å². The van der Waals surface area contributed by atoms with Gasteiger partial charge in [-0.05, 0) is 31.9 Å². The lowest BCUT2D eigenvalue weighted by atomic mass is 10.1. The van der Waals surface area contributed by atoms with Crippen LogP contribution in [0, 0.1) is 6.92 Å². The number of nitrogens with zero attached hydrogens (tertiary/aromatic N) is 3. The molecule has 0 amide bonds. The van der Waals surface area contributed by atoms with E-state index in [1.54, 1.807) is 12.5 Å². The smallest absolute Gasteiger partial charge is 0.223 e. The van der Waals surface area contributed by atoms with Crippen LogP contribution in [0.3, 0.4) is 0 Å². The number of aryl methyl sites for hydroxylation is 1. The number of rotatable bonds is 5. The molecule has 1 aliphatic rings. The SMILES string of the molecule is Cc1cc(-c2cnc(NCC3CCCO3)nc2-c2ccco2)on1. The quantitative estimate of drug-likeness (QED) is 0.770. The van der Waals surface area contributed by atoms with Gasteiger partial charge in [0, 0.05) is 25.4 Å². The Balaban J connectivity index is 1.64. The topological polar surface area (TPSA) is 86.2 Å². The summed E-state index contributed by atoms with van der Waals surface area (Å²) in [5, 5.41) is 7.17. The lowest BCUT2D eigenvalue weighted by molar-refractivity contribution is 0.120. The minimum Gasteiger partial charge on any atom is -0.463 e. The lowest BCUT2D eigenvalue weighted by Crippen LogP contribution is -2.19. The minimum atomic E-state index is 0.220. The Morgan fingerprint density at radius 2 is 2.29 bits per heavy atom. The van der Waals surface area contributed by atoms with Crippen molar-refractivity contribution >= 4 is 5.95 Å². The van der Waals surface area contributed by atoms with Gasteiger partial charge in [0.1, 0.15) is 5.69 Å². The summed E-state index contributed by atoms with van der Waals surface area (Å²) in [6.07, 6.45) is 5.73. The van der Waals surface area contributed by atoms with Crippen molar-refractivity contribution in [3.63, 3.8) is 0 Å². The van der Waals surface area contributed by atoms with Crippen LogP contribution in [0.4, 0.5) is 5.95 Å². The molecule has 0 bridgehead atoms. The first-order valence-electron chi connectivity index (χ1n) is 7.99. The van der Waals surface area contributed by atoms with Crippen molar-refractivity contribution in [2.75, 3.05) is 18.5 Å². The van der Waals surface area contributed by atoms with E-state index in [0.29, 0.717) is 29.7 Å². The average Bonchev–Trinajstić information content (AvgIpc) is 3.35. The van der Waals surface area contributed by atoms with Gasteiger partial charge in [0.05, 0.1) is 23.6 Å². The minimum absolute atomic E-state index is 0.220. The van der Waals surface area contributed by atoms with Gasteiger partial charge < -0.3 is 19.0 Å². The highest BCUT2D eigenvalue weighted by atomic mass is 16.5. The maximum absolute atomic E-state index is 5.61. The molecule has 3 aromatic heterocycles. The van der Waals surface area contributed by atoms with E-state index in [2.05, 4.69) is 20.4 Å². The summed E-state index contributed by atoms with van der Waals surface area (Å²) in [6, 6.07) is 5.54. The number of hydrogen-bond donors (Lipinski definition) is 1. The monoisotopic (exact) mass is 326 g/mol. The van der Waals surface area contributed by atoms with Gasteiger partial charge in [0.2, 0.25) is 5.95 Å². The molecular weight excluding hydrogens is 308 g/mol. The van der Waals surface area contributed by atoms with Crippen LogP contribution in [0.5, 0.6) is 0 Å². The van der Waals surface area contributed by atoms with E-state index < -0.39 is 0 Å². The summed E-state index contributed by atoms with van der Waals surface area (Å²) in [5.41, 5.74) is 2.21. The normalized spacial score (nSPS) is 17.3.